The highest BCUT2D eigenvalue weighted by Crippen LogP contribution is 2.41. The quantitative estimate of drug-likeness (QED) is 0.688. The molecule has 92 valence electrons. The van der Waals surface area contributed by atoms with Gasteiger partial charge in [-0.1, -0.05) is 6.92 Å². The van der Waals surface area contributed by atoms with Gasteiger partial charge in [0.1, 0.15) is 6.10 Å². The van der Waals surface area contributed by atoms with Crippen LogP contribution in [0.2, 0.25) is 0 Å². The Kier molecular flexibility index (Phi) is 3.73. The number of esters is 1. The fraction of sp³-hybridized carbons (Fsp3) is 0.833. The van der Waals surface area contributed by atoms with Gasteiger partial charge in [0, 0.05) is 0 Å². The van der Waals surface area contributed by atoms with Crippen molar-refractivity contribution in [1.29, 1.82) is 0 Å². The fourth-order valence-corrected chi connectivity index (χ4v) is 2.21. The molecule has 1 heterocycles. The third-order valence-electron chi connectivity index (χ3n) is 3.81. The lowest BCUT2D eigenvalue weighted by Crippen LogP contribution is -2.43. The number of hydrogen-bond donors (Lipinski definition) is 0. The topological polar surface area (TPSA) is 52.6 Å². The van der Waals surface area contributed by atoms with Crippen molar-refractivity contribution in [1.82, 2.24) is 0 Å². The zero-order chi connectivity index (χ0) is 12.5. The smallest absolute Gasteiger partial charge is 0.311 e. The minimum absolute atomic E-state index is 0.0210. The minimum atomic E-state index is -0.608. The Morgan fingerprint density at radius 2 is 2.06 bits per heavy atom. The first kappa shape index (κ1) is 13.2. The Bertz CT molecular complexity index is 299. The third kappa shape index (κ3) is 2.12. The molecule has 1 rings (SSSR count). The molecule has 4 nitrogen and oxygen atoms in total. The number of hydrogen-bond acceptors (Lipinski definition) is 4. The minimum Gasteiger partial charge on any atom is -0.469 e. The number of carbonyl (C=O) groups is 2. The molecule has 0 radical (unpaired) electrons. The first-order valence-electron chi connectivity index (χ1n) is 5.59. The fourth-order valence-electron chi connectivity index (χ4n) is 2.21. The summed E-state index contributed by atoms with van der Waals surface area (Å²) >= 11 is 0. The van der Waals surface area contributed by atoms with Crippen molar-refractivity contribution in [3.63, 3.8) is 0 Å². The van der Waals surface area contributed by atoms with E-state index < -0.39 is 5.60 Å². The number of methoxy groups -OCH3 is 1. The normalized spacial score (nSPS) is 35.8. The summed E-state index contributed by atoms with van der Waals surface area (Å²) in [6.45, 7) is 7.18. The van der Waals surface area contributed by atoms with Crippen LogP contribution in [0.25, 0.3) is 0 Å². The number of carbonyl (C=O) groups excluding carboxylic acids is 2. The summed E-state index contributed by atoms with van der Waals surface area (Å²) in [6.07, 6.45) is 0.291. The number of Topliss-reactive ketones (excluding diaryl/α,β-unsaturated/α-hetero) is 1. The van der Waals surface area contributed by atoms with Gasteiger partial charge in [-0.15, -0.1) is 0 Å². The number of ether oxygens (including phenoxy) is 2. The first-order valence-corrected chi connectivity index (χ1v) is 5.59. The van der Waals surface area contributed by atoms with E-state index in [1.807, 2.05) is 13.8 Å². The van der Waals surface area contributed by atoms with E-state index in [4.69, 9.17) is 9.47 Å². The molecule has 0 bridgehead atoms. The van der Waals surface area contributed by atoms with E-state index in [2.05, 4.69) is 0 Å². The Labute approximate surface area is 96.3 Å². The molecule has 4 atom stereocenters. The van der Waals surface area contributed by atoms with Gasteiger partial charge in [-0.2, -0.15) is 0 Å². The van der Waals surface area contributed by atoms with E-state index in [1.54, 1.807) is 6.92 Å². The molecule has 0 aromatic rings. The van der Waals surface area contributed by atoms with Crippen molar-refractivity contribution in [3.8, 4) is 0 Å². The lowest BCUT2D eigenvalue weighted by Gasteiger charge is -2.33. The van der Waals surface area contributed by atoms with Crippen molar-refractivity contribution in [2.45, 2.75) is 45.8 Å². The predicted octanol–water partition coefficient (Wildman–Crippen LogP) is 1.57. The number of ketones is 1. The summed E-state index contributed by atoms with van der Waals surface area (Å²) in [5, 5.41) is 0. The summed E-state index contributed by atoms with van der Waals surface area (Å²) in [5.41, 5.74) is -0.608. The van der Waals surface area contributed by atoms with E-state index in [9.17, 15) is 9.59 Å². The molecule has 16 heavy (non-hydrogen) atoms. The second-order valence-corrected chi connectivity index (χ2v) is 4.78. The van der Waals surface area contributed by atoms with Gasteiger partial charge in [-0.3, -0.25) is 9.59 Å². The van der Waals surface area contributed by atoms with Gasteiger partial charge >= 0.3 is 5.97 Å². The van der Waals surface area contributed by atoms with Gasteiger partial charge in [0.15, 0.2) is 5.78 Å². The Morgan fingerprint density at radius 1 is 1.50 bits per heavy atom. The van der Waals surface area contributed by atoms with Crippen LogP contribution in [0.1, 0.15) is 34.1 Å². The molecule has 0 unspecified atom stereocenters. The average molecular weight is 228 g/mol. The summed E-state index contributed by atoms with van der Waals surface area (Å²) < 4.78 is 10.5. The molecular formula is C12H20O4. The molecule has 0 aromatic heterocycles. The molecule has 1 aliphatic heterocycles. The van der Waals surface area contributed by atoms with E-state index in [1.165, 1.54) is 14.0 Å². The molecule has 4 heteroatoms. The van der Waals surface area contributed by atoms with Crippen molar-refractivity contribution < 1.29 is 19.1 Å². The van der Waals surface area contributed by atoms with Crippen LogP contribution < -0.4 is 0 Å². The zero-order valence-electron chi connectivity index (χ0n) is 10.6. The molecule has 1 fully saturated rings. The van der Waals surface area contributed by atoms with Gasteiger partial charge in [0.2, 0.25) is 0 Å². The molecule has 0 aliphatic carbocycles. The highest BCUT2D eigenvalue weighted by atomic mass is 16.5. The summed E-state index contributed by atoms with van der Waals surface area (Å²) in [6, 6.07) is 0. The van der Waals surface area contributed by atoms with Gasteiger partial charge < -0.3 is 9.47 Å². The van der Waals surface area contributed by atoms with Crippen LogP contribution >= 0.6 is 0 Å². The average Bonchev–Trinajstić information content (AvgIpc) is 2.54. The monoisotopic (exact) mass is 228 g/mol. The standard InChI is InChI=1S/C12H20O4/c1-7-6-10(9(3)13)16-12(7,4)8(2)11(14)15-5/h7-8,10H,6H2,1-5H3/t7-,8+,10+,12-/m1/s1. The lowest BCUT2D eigenvalue weighted by atomic mass is 9.80. The SMILES string of the molecule is COC(=O)[C@H](C)[C@]1(C)O[C@H](C(C)=O)C[C@H]1C. The van der Waals surface area contributed by atoms with Crippen LogP contribution in [0.4, 0.5) is 0 Å². The van der Waals surface area contributed by atoms with Gasteiger partial charge in [0.05, 0.1) is 18.6 Å². The van der Waals surface area contributed by atoms with Crippen molar-refractivity contribution >= 4 is 11.8 Å². The maximum atomic E-state index is 11.5. The maximum Gasteiger partial charge on any atom is 0.311 e. The molecular weight excluding hydrogens is 208 g/mol. The zero-order valence-corrected chi connectivity index (χ0v) is 10.6. The van der Waals surface area contributed by atoms with Gasteiger partial charge in [-0.25, -0.2) is 0 Å². The maximum absolute atomic E-state index is 11.5. The van der Waals surface area contributed by atoms with Crippen LogP contribution in [-0.2, 0) is 19.1 Å². The van der Waals surface area contributed by atoms with E-state index in [-0.39, 0.29) is 29.7 Å². The second kappa shape index (κ2) is 4.53. The third-order valence-corrected chi connectivity index (χ3v) is 3.81. The van der Waals surface area contributed by atoms with Crippen LogP contribution in [0.5, 0.6) is 0 Å². The molecule has 0 saturated carbocycles. The molecule has 1 saturated heterocycles. The summed E-state index contributed by atoms with van der Waals surface area (Å²) in [4.78, 5) is 22.8. The van der Waals surface area contributed by atoms with Crippen molar-refractivity contribution in [2.24, 2.45) is 11.8 Å². The van der Waals surface area contributed by atoms with Crippen LogP contribution in [0.15, 0.2) is 0 Å². The van der Waals surface area contributed by atoms with Gasteiger partial charge in [0.25, 0.3) is 0 Å². The molecule has 0 amide bonds. The largest absolute Gasteiger partial charge is 0.469 e. The molecule has 1 aliphatic rings. The Morgan fingerprint density at radius 3 is 2.44 bits per heavy atom. The number of rotatable bonds is 3. The second-order valence-electron chi connectivity index (χ2n) is 4.78. The Balaban J connectivity index is 2.85. The van der Waals surface area contributed by atoms with Crippen LogP contribution in [0, 0.1) is 11.8 Å². The highest BCUT2D eigenvalue weighted by molar-refractivity contribution is 5.81. The molecule has 0 N–H and O–H groups in total. The molecule has 0 spiro atoms. The van der Waals surface area contributed by atoms with Gasteiger partial charge in [-0.05, 0) is 33.1 Å². The lowest BCUT2D eigenvalue weighted by molar-refractivity contribution is -0.162. The van der Waals surface area contributed by atoms with Crippen LogP contribution in [-0.4, -0.2) is 30.6 Å². The summed E-state index contributed by atoms with van der Waals surface area (Å²) in [5.74, 6) is -0.474. The van der Waals surface area contributed by atoms with Crippen molar-refractivity contribution in [3.05, 3.63) is 0 Å². The van der Waals surface area contributed by atoms with E-state index in [0.29, 0.717) is 6.42 Å². The summed E-state index contributed by atoms with van der Waals surface area (Å²) in [7, 11) is 1.37. The van der Waals surface area contributed by atoms with Crippen molar-refractivity contribution in [2.75, 3.05) is 7.11 Å². The van der Waals surface area contributed by atoms with E-state index in [0.717, 1.165) is 0 Å². The first-order chi connectivity index (χ1) is 7.32. The Hall–Kier alpha value is -0.900. The predicted molar refractivity (Wildman–Crippen MR) is 58.9 cm³/mol. The van der Waals surface area contributed by atoms with Crippen LogP contribution in [0.3, 0.4) is 0 Å². The molecule has 0 aromatic carbocycles. The van der Waals surface area contributed by atoms with E-state index >= 15 is 0 Å². The highest BCUT2D eigenvalue weighted by Gasteiger charge is 2.50.